The maximum Gasteiger partial charge on any atom is 0.198 e. The Labute approximate surface area is 148 Å². The summed E-state index contributed by atoms with van der Waals surface area (Å²) in [6.07, 6.45) is 2.50. The second kappa shape index (κ2) is 6.43. The molecule has 0 bridgehead atoms. The Hall–Kier alpha value is -1.50. The molecular formula is C18H25N5S. The summed E-state index contributed by atoms with van der Waals surface area (Å²) in [6, 6.07) is 11.2. The average Bonchev–Trinajstić information content (AvgIpc) is 3.40. The summed E-state index contributed by atoms with van der Waals surface area (Å²) in [6.45, 7) is 3.93. The van der Waals surface area contributed by atoms with Gasteiger partial charge in [-0.2, -0.15) is 5.10 Å². The number of hydrogen-bond donors (Lipinski definition) is 0. The van der Waals surface area contributed by atoms with Crippen LogP contribution in [0.2, 0.25) is 0 Å². The summed E-state index contributed by atoms with van der Waals surface area (Å²) in [7, 11) is 4.25. The minimum atomic E-state index is 0.387. The second-order valence-corrected chi connectivity index (χ2v) is 7.48. The molecule has 128 valence electrons. The highest BCUT2D eigenvalue weighted by molar-refractivity contribution is 7.71. The van der Waals surface area contributed by atoms with Gasteiger partial charge in [0, 0.05) is 38.6 Å². The smallest absolute Gasteiger partial charge is 0.198 e. The number of nitrogens with zero attached hydrogens (tertiary/aromatic N) is 5. The van der Waals surface area contributed by atoms with E-state index in [4.69, 9.17) is 17.3 Å². The van der Waals surface area contributed by atoms with Crippen LogP contribution in [0.15, 0.2) is 30.3 Å². The number of aromatic nitrogens is 3. The number of rotatable bonds is 4. The molecule has 5 nitrogen and oxygen atoms in total. The zero-order chi connectivity index (χ0) is 16.7. The van der Waals surface area contributed by atoms with E-state index in [1.165, 1.54) is 18.4 Å². The molecule has 0 amide bonds. The summed E-state index contributed by atoms with van der Waals surface area (Å²) in [5.74, 6) is 1.78. The van der Waals surface area contributed by atoms with Crippen molar-refractivity contribution in [1.29, 1.82) is 0 Å². The Morgan fingerprint density at radius 1 is 1.12 bits per heavy atom. The van der Waals surface area contributed by atoms with E-state index in [0.717, 1.165) is 36.9 Å². The van der Waals surface area contributed by atoms with Crippen molar-refractivity contribution >= 4 is 12.2 Å². The van der Waals surface area contributed by atoms with Crippen LogP contribution in [0.25, 0.3) is 0 Å². The molecular weight excluding hydrogens is 318 g/mol. The van der Waals surface area contributed by atoms with Gasteiger partial charge in [-0.25, -0.2) is 4.68 Å². The van der Waals surface area contributed by atoms with E-state index in [9.17, 15) is 0 Å². The highest BCUT2D eigenvalue weighted by Crippen LogP contribution is 2.39. The lowest BCUT2D eigenvalue weighted by atomic mass is 10.0. The standard InChI is InChI=1S/C18H25N5S/c1-20-10-11-22(16(12-20)14-6-4-3-5-7-14)13-23-18(24)21(2)17(19-23)15-8-9-15/h3-7,15-16H,8-13H2,1-2H3. The molecule has 1 aromatic carbocycles. The van der Waals surface area contributed by atoms with Gasteiger partial charge in [-0.1, -0.05) is 30.3 Å². The molecule has 0 radical (unpaired) electrons. The molecule has 4 rings (SSSR count). The molecule has 24 heavy (non-hydrogen) atoms. The van der Waals surface area contributed by atoms with Gasteiger partial charge < -0.3 is 9.47 Å². The molecule has 2 fully saturated rings. The summed E-state index contributed by atoms with van der Waals surface area (Å²) in [5, 5.41) is 4.83. The second-order valence-electron chi connectivity index (χ2n) is 7.12. The average molecular weight is 344 g/mol. The Kier molecular flexibility index (Phi) is 4.28. The van der Waals surface area contributed by atoms with Crippen molar-refractivity contribution in [3.8, 4) is 0 Å². The first kappa shape index (κ1) is 16.0. The molecule has 1 saturated carbocycles. The third-order valence-electron chi connectivity index (χ3n) is 5.21. The molecule has 1 aliphatic heterocycles. The first-order valence-corrected chi connectivity index (χ1v) is 9.15. The molecule has 6 heteroatoms. The Bertz CT molecular complexity index is 761. The van der Waals surface area contributed by atoms with Gasteiger partial charge in [-0.15, -0.1) is 0 Å². The predicted molar refractivity (Wildman–Crippen MR) is 97.4 cm³/mol. The van der Waals surface area contributed by atoms with Gasteiger partial charge in [0.05, 0.1) is 6.67 Å². The van der Waals surface area contributed by atoms with Gasteiger partial charge in [0.1, 0.15) is 5.82 Å². The van der Waals surface area contributed by atoms with Gasteiger partial charge in [-0.05, 0) is 37.7 Å². The van der Waals surface area contributed by atoms with Crippen molar-refractivity contribution in [1.82, 2.24) is 24.1 Å². The van der Waals surface area contributed by atoms with Gasteiger partial charge in [0.25, 0.3) is 0 Å². The molecule has 2 heterocycles. The predicted octanol–water partition coefficient (Wildman–Crippen LogP) is 2.77. The lowest BCUT2D eigenvalue weighted by molar-refractivity contribution is 0.0581. The fraction of sp³-hybridized carbons (Fsp3) is 0.556. The quantitative estimate of drug-likeness (QED) is 0.799. The Morgan fingerprint density at radius 3 is 2.58 bits per heavy atom. The Balaban J connectivity index is 1.60. The van der Waals surface area contributed by atoms with Gasteiger partial charge in [0.15, 0.2) is 4.77 Å². The first-order valence-electron chi connectivity index (χ1n) is 8.75. The molecule has 0 N–H and O–H groups in total. The van der Waals surface area contributed by atoms with Crippen molar-refractivity contribution in [2.45, 2.75) is 31.5 Å². The number of likely N-dealkylation sites (N-methyl/N-ethyl adjacent to an activating group) is 1. The van der Waals surface area contributed by atoms with Crippen LogP contribution in [0.1, 0.15) is 36.2 Å². The molecule has 1 aliphatic carbocycles. The fourth-order valence-corrected chi connectivity index (χ4v) is 3.78. The van der Waals surface area contributed by atoms with Crippen molar-refractivity contribution in [2.75, 3.05) is 26.7 Å². The van der Waals surface area contributed by atoms with E-state index in [1.807, 2.05) is 4.68 Å². The minimum Gasteiger partial charge on any atom is -0.307 e. The summed E-state index contributed by atoms with van der Waals surface area (Å²) < 4.78 is 4.95. The van der Waals surface area contributed by atoms with Crippen LogP contribution in [-0.4, -0.2) is 50.8 Å². The zero-order valence-electron chi connectivity index (χ0n) is 14.4. The minimum absolute atomic E-state index is 0.387. The van der Waals surface area contributed by atoms with E-state index < -0.39 is 0 Å². The van der Waals surface area contributed by atoms with Gasteiger partial charge in [-0.3, -0.25) is 4.90 Å². The lowest BCUT2D eigenvalue weighted by Crippen LogP contribution is -2.47. The fourth-order valence-electron chi connectivity index (χ4n) is 3.58. The number of hydrogen-bond acceptors (Lipinski definition) is 4. The van der Waals surface area contributed by atoms with Crippen molar-refractivity contribution < 1.29 is 0 Å². The van der Waals surface area contributed by atoms with Crippen LogP contribution in [0.5, 0.6) is 0 Å². The Morgan fingerprint density at radius 2 is 1.88 bits per heavy atom. The normalized spacial score (nSPS) is 22.8. The number of benzene rings is 1. The largest absolute Gasteiger partial charge is 0.307 e. The third-order valence-corrected chi connectivity index (χ3v) is 5.70. The van der Waals surface area contributed by atoms with E-state index in [-0.39, 0.29) is 0 Å². The van der Waals surface area contributed by atoms with Crippen LogP contribution in [-0.2, 0) is 13.7 Å². The molecule has 0 spiro atoms. The monoisotopic (exact) mass is 343 g/mol. The molecule has 2 aliphatic rings. The zero-order valence-corrected chi connectivity index (χ0v) is 15.2. The highest BCUT2D eigenvalue weighted by atomic mass is 32.1. The van der Waals surface area contributed by atoms with Crippen molar-refractivity contribution in [3.05, 3.63) is 46.5 Å². The maximum absolute atomic E-state index is 5.63. The summed E-state index contributed by atoms with van der Waals surface area (Å²) in [4.78, 5) is 4.91. The van der Waals surface area contributed by atoms with Crippen molar-refractivity contribution in [2.24, 2.45) is 7.05 Å². The SMILES string of the molecule is CN1CCN(Cn2nc(C3CC3)n(C)c2=S)C(c2ccccc2)C1. The van der Waals surface area contributed by atoms with Crippen LogP contribution in [0.3, 0.4) is 0 Å². The van der Waals surface area contributed by atoms with E-state index in [0.29, 0.717) is 12.0 Å². The molecule has 1 unspecified atom stereocenters. The van der Waals surface area contributed by atoms with Crippen LogP contribution in [0, 0.1) is 4.77 Å². The number of piperazine rings is 1. The highest BCUT2D eigenvalue weighted by Gasteiger charge is 2.31. The molecule has 1 aromatic heterocycles. The molecule has 1 saturated heterocycles. The van der Waals surface area contributed by atoms with Gasteiger partial charge in [0.2, 0.25) is 0 Å². The van der Waals surface area contributed by atoms with E-state index in [2.05, 4.69) is 58.8 Å². The third kappa shape index (κ3) is 3.06. The summed E-state index contributed by atoms with van der Waals surface area (Å²) in [5.41, 5.74) is 1.37. The molecule has 1 atom stereocenters. The summed E-state index contributed by atoms with van der Waals surface area (Å²) >= 11 is 5.63. The van der Waals surface area contributed by atoms with Crippen LogP contribution >= 0.6 is 12.2 Å². The topological polar surface area (TPSA) is 29.2 Å². The first-order chi connectivity index (χ1) is 11.6. The maximum atomic E-state index is 5.63. The van der Waals surface area contributed by atoms with E-state index in [1.54, 1.807) is 0 Å². The van der Waals surface area contributed by atoms with Crippen molar-refractivity contribution in [3.63, 3.8) is 0 Å². The van der Waals surface area contributed by atoms with Crippen LogP contribution < -0.4 is 0 Å². The van der Waals surface area contributed by atoms with E-state index >= 15 is 0 Å². The lowest BCUT2D eigenvalue weighted by Gasteiger charge is -2.40. The molecule has 2 aromatic rings. The van der Waals surface area contributed by atoms with Gasteiger partial charge >= 0.3 is 0 Å². The van der Waals surface area contributed by atoms with Crippen LogP contribution in [0.4, 0.5) is 0 Å².